The summed E-state index contributed by atoms with van der Waals surface area (Å²) < 4.78 is 7.44. The molecule has 1 aliphatic heterocycles. The zero-order chi connectivity index (χ0) is 13.0. The molecule has 0 amide bonds. The lowest BCUT2D eigenvalue weighted by atomic mass is 10.2. The van der Waals surface area contributed by atoms with E-state index in [0.717, 1.165) is 31.6 Å². The number of hydrogen-bond donors (Lipinski definition) is 0. The molecule has 2 unspecified atom stereocenters. The Balaban J connectivity index is 1.93. The van der Waals surface area contributed by atoms with E-state index in [9.17, 15) is 4.79 Å². The van der Waals surface area contributed by atoms with Gasteiger partial charge < -0.3 is 9.30 Å². The standard InChI is InChI=1S/C13H19BrN2O2/c1-11-10-18-12(8-14)9-16(11)7-6-15-5-3-2-4-13(15)17/h2-5,11-12H,6-10H2,1H3. The van der Waals surface area contributed by atoms with Crippen molar-refractivity contribution < 1.29 is 4.74 Å². The van der Waals surface area contributed by atoms with E-state index in [2.05, 4.69) is 27.8 Å². The summed E-state index contributed by atoms with van der Waals surface area (Å²) in [5.41, 5.74) is 0.0652. The van der Waals surface area contributed by atoms with Crippen LogP contribution in [0.2, 0.25) is 0 Å². The van der Waals surface area contributed by atoms with Gasteiger partial charge in [0.25, 0.3) is 5.56 Å². The third kappa shape index (κ3) is 3.43. The number of halogens is 1. The summed E-state index contributed by atoms with van der Waals surface area (Å²) in [6.45, 7) is 5.48. The molecule has 1 aromatic heterocycles. The van der Waals surface area contributed by atoms with Crippen LogP contribution in [-0.4, -0.2) is 46.6 Å². The Bertz CT molecular complexity index is 435. The molecular weight excluding hydrogens is 296 g/mol. The number of rotatable bonds is 4. The molecule has 100 valence electrons. The second-order valence-electron chi connectivity index (χ2n) is 4.69. The van der Waals surface area contributed by atoms with E-state index in [1.54, 1.807) is 16.7 Å². The molecule has 2 heterocycles. The fraction of sp³-hybridized carbons (Fsp3) is 0.615. The Hall–Kier alpha value is -0.650. The third-order valence-corrected chi connectivity index (χ3v) is 4.06. The summed E-state index contributed by atoms with van der Waals surface area (Å²) >= 11 is 3.46. The number of alkyl halides is 1. The lowest BCUT2D eigenvalue weighted by Gasteiger charge is -2.37. The SMILES string of the molecule is CC1COC(CBr)CN1CCn1ccccc1=O. The summed E-state index contributed by atoms with van der Waals surface area (Å²) in [4.78, 5) is 14.0. The fourth-order valence-corrected chi connectivity index (χ4v) is 2.55. The van der Waals surface area contributed by atoms with Gasteiger partial charge in [0.15, 0.2) is 0 Å². The maximum atomic E-state index is 11.6. The van der Waals surface area contributed by atoms with E-state index in [4.69, 9.17) is 4.74 Å². The molecule has 0 aromatic carbocycles. The monoisotopic (exact) mass is 314 g/mol. The van der Waals surface area contributed by atoms with Gasteiger partial charge in [-0.25, -0.2) is 0 Å². The Morgan fingerprint density at radius 2 is 2.28 bits per heavy atom. The number of morpholine rings is 1. The third-order valence-electron chi connectivity index (χ3n) is 3.33. The maximum Gasteiger partial charge on any atom is 0.250 e. The first-order valence-corrected chi connectivity index (χ1v) is 7.40. The van der Waals surface area contributed by atoms with E-state index in [0.29, 0.717) is 6.04 Å². The topological polar surface area (TPSA) is 34.5 Å². The quantitative estimate of drug-likeness (QED) is 0.786. The van der Waals surface area contributed by atoms with Crippen LogP contribution in [0, 0.1) is 0 Å². The zero-order valence-electron chi connectivity index (χ0n) is 10.6. The van der Waals surface area contributed by atoms with Gasteiger partial charge in [0.2, 0.25) is 0 Å². The molecule has 0 spiro atoms. The number of ether oxygens (including phenoxy) is 1. The van der Waals surface area contributed by atoms with Gasteiger partial charge in [-0.15, -0.1) is 0 Å². The van der Waals surface area contributed by atoms with E-state index in [1.165, 1.54) is 0 Å². The Morgan fingerprint density at radius 3 is 3.00 bits per heavy atom. The van der Waals surface area contributed by atoms with Crippen LogP contribution in [-0.2, 0) is 11.3 Å². The average Bonchev–Trinajstić information content (AvgIpc) is 2.39. The average molecular weight is 315 g/mol. The summed E-state index contributed by atoms with van der Waals surface area (Å²) in [5.74, 6) is 0. The largest absolute Gasteiger partial charge is 0.374 e. The molecular formula is C13H19BrN2O2. The van der Waals surface area contributed by atoms with E-state index < -0.39 is 0 Å². The minimum atomic E-state index is 0.0652. The van der Waals surface area contributed by atoms with Gasteiger partial charge in [-0.05, 0) is 13.0 Å². The number of hydrogen-bond acceptors (Lipinski definition) is 3. The molecule has 1 fully saturated rings. The van der Waals surface area contributed by atoms with Crippen LogP contribution < -0.4 is 5.56 Å². The second kappa shape index (κ2) is 6.50. The highest BCUT2D eigenvalue weighted by molar-refractivity contribution is 9.09. The molecule has 5 heteroatoms. The predicted molar refractivity (Wildman–Crippen MR) is 75.3 cm³/mol. The summed E-state index contributed by atoms with van der Waals surface area (Å²) in [5, 5.41) is 0.863. The highest BCUT2D eigenvalue weighted by Gasteiger charge is 2.24. The number of pyridine rings is 1. The van der Waals surface area contributed by atoms with Gasteiger partial charge in [-0.1, -0.05) is 22.0 Å². The fourth-order valence-electron chi connectivity index (χ4n) is 2.16. The zero-order valence-corrected chi connectivity index (χ0v) is 12.2. The van der Waals surface area contributed by atoms with Crippen LogP contribution in [0.15, 0.2) is 29.2 Å². The van der Waals surface area contributed by atoms with Crippen molar-refractivity contribution in [1.82, 2.24) is 9.47 Å². The number of nitrogens with zero attached hydrogens (tertiary/aromatic N) is 2. The van der Waals surface area contributed by atoms with Crippen LogP contribution in [0.4, 0.5) is 0 Å². The van der Waals surface area contributed by atoms with E-state index >= 15 is 0 Å². The van der Waals surface area contributed by atoms with Gasteiger partial charge in [0, 0.05) is 43.3 Å². The first-order chi connectivity index (χ1) is 8.70. The van der Waals surface area contributed by atoms with Gasteiger partial charge in [-0.3, -0.25) is 9.69 Å². The van der Waals surface area contributed by atoms with Crippen LogP contribution in [0.5, 0.6) is 0 Å². The second-order valence-corrected chi connectivity index (χ2v) is 5.33. The molecule has 18 heavy (non-hydrogen) atoms. The molecule has 0 radical (unpaired) electrons. The molecule has 0 bridgehead atoms. The van der Waals surface area contributed by atoms with Gasteiger partial charge >= 0.3 is 0 Å². The molecule has 0 saturated carbocycles. The van der Waals surface area contributed by atoms with Crippen molar-refractivity contribution in [3.05, 3.63) is 34.7 Å². The van der Waals surface area contributed by atoms with Crippen molar-refractivity contribution in [3.8, 4) is 0 Å². The highest BCUT2D eigenvalue weighted by atomic mass is 79.9. The summed E-state index contributed by atoms with van der Waals surface area (Å²) in [6, 6.07) is 5.69. The van der Waals surface area contributed by atoms with Crippen molar-refractivity contribution in [2.75, 3.05) is 25.0 Å². The summed E-state index contributed by atoms with van der Waals surface area (Å²) in [7, 11) is 0. The molecule has 4 nitrogen and oxygen atoms in total. The van der Waals surface area contributed by atoms with Crippen molar-refractivity contribution in [1.29, 1.82) is 0 Å². The van der Waals surface area contributed by atoms with Crippen LogP contribution in [0.25, 0.3) is 0 Å². The predicted octanol–water partition coefficient (Wildman–Crippen LogP) is 1.33. The van der Waals surface area contributed by atoms with Crippen molar-refractivity contribution in [2.45, 2.75) is 25.6 Å². The lowest BCUT2D eigenvalue weighted by molar-refractivity contribution is -0.0475. The van der Waals surface area contributed by atoms with Crippen molar-refractivity contribution in [2.24, 2.45) is 0 Å². The van der Waals surface area contributed by atoms with E-state index in [1.807, 2.05) is 12.3 Å². The van der Waals surface area contributed by atoms with Crippen LogP contribution >= 0.6 is 15.9 Å². The Labute approximate surface area is 116 Å². The maximum absolute atomic E-state index is 11.6. The Morgan fingerprint density at radius 1 is 1.44 bits per heavy atom. The minimum absolute atomic E-state index is 0.0652. The normalized spacial score (nSPS) is 25.2. The molecule has 1 aromatic rings. The first-order valence-electron chi connectivity index (χ1n) is 6.28. The minimum Gasteiger partial charge on any atom is -0.374 e. The van der Waals surface area contributed by atoms with Crippen molar-refractivity contribution >= 4 is 15.9 Å². The molecule has 1 aliphatic rings. The molecule has 0 N–H and O–H groups in total. The molecule has 0 aliphatic carbocycles. The Kier molecular flexibility index (Phi) is 4.97. The van der Waals surface area contributed by atoms with Crippen LogP contribution in [0.1, 0.15) is 6.92 Å². The van der Waals surface area contributed by atoms with Gasteiger partial charge in [0.1, 0.15) is 0 Å². The highest BCUT2D eigenvalue weighted by Crippen LogP contribution is 2.12. The molecule has 2 atom stereocenters. The van der Waals surface area contributed by atoms with Gasteiger partial charge in [0.05, 0.1) is 12.7 Å². The first kappa shape index (κ1) is 13.8. The van der Waals surface area contributed by atoms with Gasteiger partial charge in [-0.2, -0.15) is 0 Å². The smallest absolute Gasteiger partial charge is 0.250 e. The van der Waals surface area contributed by atoms with E-state index in [-0.39, 0.29) is 11.7 Å². The summed E-state index contributed by atoms with van der Waals surface area (Å²) in [6.07, 6.45) is 2.10. The van der Waals surface area contributed by atoms with Crippen molar-refractivity contribution in [3.63, 3.8) is 0 Å². The van der Waals surface area contributed by atoms with Crippen LogP contribution in [0.3, 0.4) is 0 Å². The molecule has 2 rings (SSSR count). The lowest BCUT2D eigenvalue weighted by Crippen LogP contribution is -2.50. The number of aromatic nitrogens is 1. The molecule has 1 saturated heterocycles.